The van der Waals surface area contributed by atoms with Crippen molar-refractivity contribution in [1.82, 2.24) is 10.7 Å². The maximum absolute atomic E-state index is 11.6. The van der Waals surface area contributed by atoms with Crippen molar-refractivity contribution in [1.29, 1.82) is 0 Å². The van der Waals surface area contributed by atoms with Gasteiger partial charge in [-0.15, -0.1) is 0 Å². The molecule has 2 N–H and O–H groups in total. The summed E-state index contributed by atoms with van der Waals surface area (Å²) in [5, 5.41) is 6.49. The van der Waals surface area contributed by atoms with Crippen LogP contribution in [0.4, 0.5) is 0 Å². The average molecular weight is 303 g/mol. The van der Waals surface area contributed by atoms with Crippen LogP contribution in [0, 0.1) is 0 Å². The van der Waals surface area contributed by atoms with E-state index in [0.29, 0.717) is 6.61 Å². The summed E-state index contributed by atoms with van der Waals surface area (Å²) >= 11 is 0. The van der Waals surface area contributed by atoms with Gasteiger partial charge in [0.2, 0.25) is 0 Å². The highest BCUT2D eigenvalue weighted by molar-refractivity contribution is 6.35. The molecule has 0 spiro atoms. The topological polar surface area (TPSA) is 79.8 Å². The van der Waals surface area contributed by atoms with Crippen LogP contribution in [0.1, 0.15) is 38.2 Å². The van der Waals surface area contributed by atoms with Crippen LogP contribution in [0.2, 0.25) is 0 Å². The van der Waals surface area contributed by atoms with E-state index < -0.39 is 11.8 Å². The Morgan fingerprint density at radius 2 is 1.91 bits per heavy atom. The van der Waals surface area contributed by atoms with E-state index in [1.165, 1.54) is 6.21 Å². The molecule has 2 amide bonds. The maximum Gasteiger partial charge on any atom is 0.329 e. The number of carbonyl (C=O) groups is 2. The minimum absolute atomic E-state index is 0.119. The summed E-state index contributed by atoms with van der Waals surface area (Å²) in [7, 11) is 0. The normalized spacial score (nSPS) is 15.0. The quantitative estimate of drug-likeness (QED) is 0.492. The van der Waals surface area contributed by atoms with Crippen LogP contribution in [-0.4, -0.2) is 30.7 Å². The van der Waals surface area contributed by atoms with Crippen LogP contribution in [0.3, 0.4) is 0 Å². The van der Waals surface area contributed by atoms with Crippen molar-refractivity contribution in [3.8, 4) is 5.75 Å². The predicted molar refractivity (Wildman–Crippen MR) is 83.7 cm³/mol. The van der Waals surface area contributed by atoms with Gasteiger partial charge in [0, 0.05) is 6.04 Å². The minimum atomic E-state index is -0.742. The second-order valence-electron chi connectivity index (χ2n) is 5.16. The Bertz CT molecular complexity index is 534. The number of hydrogen-bond donors (Lipinski definition) is 2. The Hall–Kier alpha value is -2.37. The molecule has 6 nitrogen and oxygen atoms in total. The Morgan fingerprint density at radius 1 is 1.23 bits per heavy atom. The van der Waals surface area contributed by atoms with Gasteiger partial charge in [-0.05, 0) is 49.6 Å². The molecule has 1 aromatic carbocycles. The molecule has 0 unspecified atom stereocenters. The third-order valence-corrected chi connectivity index (χ3v) is 3.47. The van der Waals surface area contributed by atoms with Gasteiger partial charge in [0.15, 0.2) is 0 Å². The largest absolute Gasteiger partial charge is 0.494 e. The van der Waals surface area contributed by atoms with Gasteiger partial charge in [-0.2, -0.15) is 5.10 Å². The van der Waals surface area contributed by atoms with Crippen LogP contribution < -0.4 is 15.5 Å². The van der Waals surface area contributed by atoms with Gasteiger partial charge in [0.1, 0.15) is 5.75 Å². The highest BCUT2D eigenvalue weighted by Gasteiger charge is 2.20. The SMILES string of the molecule is CCOc1ccc(/C=N\NC(=O)C(=O)NC2CCCC2)cc1. The van der Waals surface area contributed by atoms with E-state index in [-0.39, 0.29) is 6.04 Å². The molecule has 0 atom stereocenters. The van der Waals surface area contributed by atoms with Crippen LogP contribution in [0.25, 0.3) is 0 Å². The molecule has 118 valence electrons. The first-order valence-corrected chi connectivity index (χ1v) is 7.56. The zero-order valence-electron chi connectivity index (χ0n) is 12.7. The summed E-state index contributed by atoms with van der Waals surface area (Å²) in [5.74, 6) is -0.593. The van der Waals surface area contributed by atoms with E-state index in [1.54, 1.807) is 0 Å². The summed E-state index contributed by atoms with van der Waals surface area (Å²) in [6, 6.07) is 7.39. The number of nitrogens with zero attached hydrogens (tertiary/aromatic N) is 1. The van der Waals surface area contributed by atoms with Gasteiger partial charge >= 0.3 is 11.8 Å². The molecule has 0 bridgehead atoms. The molecule has 1 saturated carbocycles. The van der Waals surface area contributed by atoms with Crippen LogP contribution in [0.5, 0.6) is 5.75 Å². The number of carbonyl (C=O) groups excluding carboxylic acids is 2. The van der Waals surface area contributed by atoms with Crippen LogP contribution in [0.15, 0.2) is 29.4 Å². The first kappa shape index (κ1) is 16.0. The second kappa shape index (κ2) is 8.17. The Kier molecular flexibility index (Phi) is 5.94. The maximum atomic E-state index is 11.6. The molecule has 6 heteroatoms. The van der Waals surface area contributed by atoms with E-state index in [4.69, 9.17) is 4.74 Å². The fourth-order valence-corrected chi connectivity index (χ4v) is 2.35. The van der Waals surface area contributed by atoms with E-state index in [9.17, 15) is 9.59 Å². The van der Waals surface area contributed by atoms with Crippen molar-refractivity contribution in [2.24, 2.45) is 5.10 Å². The highest BCUT2D eigenvalue weighted by Crippen LogP contribution is 2.17. The molecular formula is C16H21N3O3. The summed E-state index contributed by atoms with van der Waals surface area (Å²) in [6.45, 7) is 2.53. The van der Waals surface area contributed by atoms with Crippen molar-refractivity contribution in [3.63, 3.8) is 0 Å². The van der Waals surface area contributed by atoms with E-state index in [2.05, 4.69) is 15.8 Å². The monoisotopic (exact) mass is 303 g/mol. The number of benzene rings is 1. The molecule has 0 aliphatic heterocycles. The van der Waals surface area contributed by atoms with Crippen LogP contribution in [-0.2, 0) is 9.59 Å². The van der Waals surface area contributed by atoms with Gasteiger partial charge in [-0.3, -0.25) is 9.59 Å². The summed E-state index contributed by atoms with van der Waals surface area (Å²) in [6.07, 6.45) is 5.56. The Morgan fingerprint density at radius 3 is 2.55 bits per heavy atom. The number of rotatable bonds is 5. The van der Waals surface area contributed by atoms with Gasteiger partial charge in [-0.25, -0.2) is 5.43 Å². The van der Waals surface area contributed by atoms with E-state index in [0.717, 1.165) is 37.0 Å². The standard InChI is InChI=1S/C16H21N3O3/c1-2-22-14-9-7-12(8-10-14)11-17-19-16(21)15(20)18-13-5-3-4-6-13/h7-11,13H,2-6H2,1H3,(H,18,20)(H,19,21)/b17-11-. The van der Waals surface area contributed by atoms with Gasteiger partial charge in [0.25, 0.3) is 0 Å². The lowest BCUT2D eigenvalue weighted by molar-refractivity contribution is -0.139. The summed E-state index contributed by atoms with van der Waals surface area (Å²) < 4.78 is 5.33. The van der Waals surface area contributed by atoms with E-state index >= 15 is 0 Å². The van der Waals surface area contributed by atoms with Crippen LogP contribution >= 0.6 is 0 Å². The number of nitrogens with one attached hydrogen (secondary N) is 2. The van der Waals surface area contributed by atoms with Gasteiger partial charge in [0.05, 0.1) is 12.8 Å². The minimum Gasteiger partial charge on any atom is -0.494 e. The van der Waals surface area contributed by atoms with Crippen molar-refractivity contribution < 1.29 is 14.3 Å². The molecule has 0 aromatic heterocycles. The highest BCUT2D eigenvalue weighted by atomic mass is 16.5. The van der Waals surface area contributed by atoms with E-state index in [1.807, 2.05) is 31.2 Å². The molecule has 1 aliphatic rings. The first-order chi connectivity index (χ1) is 10.7. The lowest BCUT2D eigenvalue weighted by Gasteiger charge is -2.10. The van der Waals surface area contributed by atoms with Crippen molar-refractivity contribution in [2.75, 3.05) is 6.61 Å². The molecule has 0 heterocycles. The number of hydrogen-bond acceptors (Lipinski definition) is 4. The molecule has 22 heavy (non-hydrogen) atoms. The fourth-order valence-electron chi connectivity index (χ4n) is 2.35. The zero-order valence-corrected chi connectivity index (χ0v) is 12.7. The molecule has 1 aromatic rings. The molecule has 1 aliphatic carbocycles. The van der Waals surface area contributed by atoms with Gasteiger partial charge < -0.3 is 10.1 Å². The predicted octanol–water partition coefficient (Wildman–Crippen LogP) is 1.59. The average Bonchev–Trinajstić information content (AvgIpc) is 3.02. The fraction of sp³-hybridized carbons (Fsp3) is 0.438. The lowest BCUT2D eigenvalue weighted by atomic mass is 10.2. The molecule has 1 fully saturated rings. The summed E-state index contributed by atoms with van der Waals surface area (Å²) in [4.78, 5) is 23.2. The number of amides is 2. The number of hydrazone groups is 1. The molecule has 0 radical (unpaired) electrons. The number of ether oxygens (including phenoxy) is 1. The molecule has 2 rings (SSSR count). The smallest absolute Gasteiger partial charge is 0.329 e. The summed E-state index contributed by atoms with van der Waals surface area (Å²) in [5.41, 5.74) is 3.04. The third kappa shape index (κ3) is 4.87. The van der Waals surface area contributed by atoms with Crippen molar-refractivity contribution >= 4 is 18.0 Å². The van der Waals surface area contributed by atoms with Gasteiger partial charge in [-0.1, -0.05) is 12.8 Å². The zero-order chi connectivity index (χ0) is 15.8. The molecule has 0 saturated heterocycles. The first-order valence-electron chi connectivity index (χ1n) is 7.56. The third-order valence-electron chi connectivity index (χ3n) is 3.47. The Balaban J connectivity index is 1.78. The molecular weight excluding hydrogens is 282 g/mol. The van der Waals surface area contributed by atoms with Crippen molar-refractivity contribution in [2.45, 2.75) is 38.6 Å². The lowest BCUT2D eigenvalue weighted by Crippen LogP contribution is -2.42. The van der Waals surface area contributed by atoms with Crippen molar-refractivity contribution in [3.05, 3.63) is 29.8 Å². The Labute approximate surface area is 129 Å². The second-order valence-corrected chi connectivity index (χ2v) is 5.16.